The molecule has 3 aliphatic heterocycles. The molecule has 0 aromatic heterocycles. The zero-order valence-corrected chi connectivity index (χ0v) is 16.4. The van der Waals surface area contributed by atoms with Gasteiger partial charge < -0.3 is 24.6 Å². The van der Waals surface area contributed by atoms with Crippen LogP contribution in [0.1, 0.15) is 22.7 Å². The average Bonchev–Trinajstić information content (AvgIpc) is 3.15. The van der Waals surface area contributed by atoms with Crippen LogP contribution in [0.2, 0.25) is 0 Å². The van der Waals surface area contributed by atoms with E-state index < -0.39 is 0 Å². The Hall–Kier alpha value is -2.80. The van der Waals surface area contributed by atoms with Crippen molar-refractivity contribution in [2.24, 2.45) is 0 Å². The third-order valence-corrected chi connectivity index (χ3v) is 5.97. The number of rotatable bonds is 1. The summed E-state index contributed by atoms with van der Waals surface area (Å²) in [5.74, 6) is 1.55. The van der Waals surface area contributed by atoms with E-state index in [2.05, 4.69) is 30.4 Å². The Kier molecular flexibility index (Phi) is 4.12. The minimum atomic E-state index is 0.0436. The van der Waals surface area contributed by atoms with E-state index in [0.29, 0.717) is 24.0 Å². The highest BCUT2D eigenvalue weighted by molar-refractivity contribution is 7.80. The zero-order chi connectivity index (χ0) is 19.3. The molecular formula is C21H21N3O3S. The highest BCUT2D eigenvalue weighted by Crippen LogP contribution is 2.36. The number of ether oxygens (including phenoxy) is 2. The molecule has 2 aromatic carbocycles. The number of nitrogens with zero attached hydrogens (tertiary/aromatic N) is 2. The van der Waals surface area contributed by atoms with Crippen LogP contribution in [0, 0.1) is 6.92 Å². The van der Waals surface area contributed by atoms with E-state index >= 15 is 0 Å². The van der Waals surface area contributed by atoms with E-state index in [1.54, 1.807) is 0 Å². The first-order valence-corrected chi connectivity index (χ1v) is 9.84. The molecule has 3 aliphatic rings. The summed E-state index contributed by atoms with van der Waals surface area (Å²) < 4.78 is 10.8. The van der Waals surface area contributed by atoms with Crippen LogP contribution in [0.3, 0.4) is 0 Å². The molecule has 1 atom stereocenters. The molecule has 144 valence electrons. The third kappa shape index (κ3) is 2.96. The van der Waals surface area contributed by atoms with Gasteiger partial charge >= 0.3 is 0 Å². The molecule has 6 nitrogen and oxygen atoms in total. The first kappa shape index (κ1) is 17.3. The summed E-state index contributed by atoms with van der Waals surface area (Å²) in [6.07, 6.45) is 0.916. The van der Waals surface area contributed by atoms with Gasteiger partial charge in [-0.05, 0) is 48.8 Å². The molecular weight excluding hydrogens is 374 g/mol. The number of hydrogen-bond donors (Lipinski definition) is 1. The van der Waals surface area contributed by atoms with Crippen molar-refractivity contribution >= 4 is 28.9 Å². The number of carbonyl (C=O) groups is 1. The molecule has 3 heterocycles. The van der Waals surface area contributed by atoms with Crippen molar-refractivity contribution in [1.82, 2.24) is 9.80 Å². The monoisotopic (exact) mass is 395 g/mol. The van der Waals surface area contributed by atoms with Crippen LogP contribution in [0.15, 0.2) is 36.4 Å². The van der Waals surface area contributed by atoms with Crippen molar-refractivity contribution in [3.63, 3.8) is 0 Å². The summed E-state index contributed by atoms with van der Waals surface area (Å²) in [7, 11) is 0. The average molecular weight is 395 g/mol. The van der Waals surface area contributed by atoms with Crippen LogP contribution < -0.4 is 14.8 Å². The number of thiocarbonyl (C=S) groups is 1. The van der Waals surface area contributed by atoms with Crippen LogP contribution in [-0.4, -0.2) is 47.2 Å². The van der Waals surface area contributed by atoms with E-state index in [1.807, 2.05) is 28.0 Å². The van der Waals surface area contributed by atoms with E-state index in [4.69, 9.17) is 21.7 Å². The van der Waals surface area contributed by atoms with E-state index in [0.717, 1.165) is 24.4 Å². The van der Waals surface area contributed by atoms with Gasteiger partial charge in [-0.1, -0.05) is 23.8 Å². The highest BCUT2D eigenvalue weighted by atomic mass is 32.1. The van der Waals surface area contributed by atoms with Crippen LogP contribution in [-0.2, 0) is 11.2 Å². The molecule has 0 radical (unpaired) electrons. The minimum Gasteiger partial charge on any atom is -0.454 e. The molecule has 0 spiro atoms. The number of aryl methyl sites for hydroxylation is 1. The SMILES string of the molecule is Cc1ccc2c(c1)CCN1C(=O)CN(C(=S)Nc3ccc4c(c3)OCO4)CC21. The molecule has 0 aliphatic carbocycles. The largest absolute Gasteiger partial charge is 0.454 e. The van der Waals surface area contributed by atoms with Gasteiger partial charge in [-0.25, -0.2) is 0 Å². The normalized spacial score (nSPS) is 19.9. The maximum Gasteiger partial charge on any atom is 0.242 e. The summed E-state index contributed by atoms with van der Waals surface area (Å²) in [5.41, 5.74) is 4.65. The fourth-order valence-electron chi connectivity index (χ4n) is 4.20. The Balaban J connectivity index is 1.36. The van der Waals surface area contributed by atoms with Crippen molar-refractivity contribution in [3.05, 3.63) is 53.1 Å². The summed E-state index contributed by atoms with van der Waals surface area (Å²) in [4.78, 5) is 16.7. The minimum absolute atomic E-state index is 0.0436. The molecule has 1 fully saturated rings. The maximum atomic E-state index is 12.8. The van der Waals surface area contributed by atoms with Crippen LogP contribution >= 0.6 is 12.2 Å². The topological polar surface area (TPSA) is 54.0 Å². The number of anilines is 1. The molecule has 1 saturated heterocycles. The number of carbonyl (C=O) groups excluding carboxylic acids is 1. The Morgan fingerprint density at radius 3 is 2.93 bits per heavy atom. The second-order valence-electron chi connectivity index (χ2n) is 7.43. The number of nitrogens with one attached hydrogen (secondary N) is 1. The Labute approximate surface area is 169 Å². The summed E-state index contributed by atoms with van der Waals surface area (Å²) in [5, 5.41) is 3.79. The maximum absolute atomic E-state index is 12.8. The van der Waals surface area contributed by atoms with Gasteiger partial charge in [0.1, 0.15) is 0 Å². The second-order valence-corrected chi connectivity index (χ2v) is 7.82. The lowest BCUT2D eigenvalue weighted by Gasteiger charge is -2.45. The summed E-state index contributed by atoms with van der Waals surface area (Å²) in [6, 6.07) is 12.2. The molecule has 1 unspecified atom stereocenters. The molecule has 2 aromatic rings. The lowest BCUT2D eigenvalue weighted by atomic mass is 9.89. The number of fused-ring (bicyclic) bond motifs is 4. The second kappa shape index (κ2) is 6.67. The predicted octanol–water partition coefficient (Wildman–Crippen LogP) is 2.86. The quantitative estimate of drug-likeness (QED) is 0.750. The van der Waals surface area contributed by atoms with Crippen molar-refractivity contribution < 1.29 is 14.3 Å². The molecule has 0 saturated carbocycles. The molecule has 5 rings (SSSR count). The fourth-order valence-corrected chi connectivity index (χ4v) is 4.45. The van der Waals surface area contributed by atoms with Gasteiger partial charge in [-0.3, -0.25) is 4.79 Å². The van der Waals surface area contributed by atoms with Gasteiger partial charge in [0.05, 0.1) is 12.6 Å². The highest BCUT2D eigenvalue weighted by Gasteiger charge is 2.37. The molecule has 0 bridgehead atoms. The predicted molar refractivity (Wildman–Crippen MR) is 110 cm³/mol. The Morgan fingerprint density at radius 2 is 2.04 bits per heavy atom. The van der Waals surface area contributed by atoms with Gasteiger partial charge in [0.15, 0.2) is 16.6 Å². The number of hydrogen-bond acceptors (Lipinski definition) is 4. The van der Waals surface area contributed by atoms with Gasteiger partial charge in [0.25, 0.3) is 0 Å². The lowest BCUT2D eigenvalue weighted by molar-refractivity contribution is -0.138. The Bertz CT molecular complexity index is 977. The van der Waals surface area contributed by atoms with Crippen molar-refractivity contribution in [2.75, 3.05) is 31.7 Å². The van der Waals surface area contributed by atoms with Crippen molar-refractivity contribution in [2.45, 2.75) is 19.4 Å². The Morgan fingerprint density at radius 1 is 1.18 bits per heavy atom. The zero-order valence-electron chi connectivity index (χ0n) is 15.6. The van der Waals surface area contributed by atoms with Crippen molar-refractivity contribution in [3.8, 4) is 11.5 Å². The van der Waals surface area contributed by atoms with Crippen LogP contribution in [0.4, 0.5) is 5.69 Å². The molecule has 1 N–H and O–H groups in total. The van der Waals surface area contributed by atoms with Gasteiger partial charge in [-0.2, -0.15) is 0 Å². The summed E-state index contributed by atoms with van der Waals surface area (Å²) in [6.45, 7) is 4.11. The number of amides is 1. The van der Waals surface area contributed by atoms with Gasteiger partial charge in [-0.15, -0.1) is 0 Å². The van der Waals surface area contributed by atoms with Gasteiger partial charge in [0.2, 0.25) is 12.7 Å². The molecule has 1 amide bonds. The van der Waals surface area contributed by atoms with Crippen molar-refractivity contribution in [1.29, 1.82) is 0 Å². The summed E-state index contributed by atoms with van der Waals surface area (Å²) >= 11 is 5.62. The lowest BCUT2D eigenvalue weighted by Crippen LogP contribution is -2.56. The third-order valence-electron chi connectivity index (χ3n) is 5.61. The van der Waals surface area contributed by atoms with Gasteiger partial charge in [0, 0.05) is 24.8 Å². The molecule has 7 heteroatoms. The fraction of sp³-hybridized carbons (Fsp3) is 0.333. The number of piperazine rings is 1. The first-order chi connectivity index (χ1) is 13.6. The van der Waals surface area contributed by atoms with Crippen LogP contribution in [0.5, 0.6) is 11.5 Å². The van der Waals surface area contributed by atoms with E-state index in [9.17, 15) is 4.79 Å². The first-order valence-electron chi connectivity index (χ1n) is 9.43. The standard InChI is InChI=1S/C21H21N3O3S/c1-13-2-4-16-14(8-13)6-7-24-17(16)10-23(11-20(24)25)21(28)22-15-3-5-18-19(9-15)27-12-26-18/h2-5,8-9,17H,6-7,10-12H2,1H3,(H,22,28). The molecule has 28 heavy (non-hydrogen) atoms. The van der Waals surface area contributed by atoms with E-state index in [-0.39, 0.29) is 18.7 Å². The smallest absolute Gasteiger partial charge is 0.242 e. The van der Waals surface area contributed by atoms with E-state index in [1.165, 1.54) is 16.7 Å². The number of benzene rings is 2. The van der Waals surface area contributed by atoms with Crippen LogP contribution in [0.25, 0.3) is 0 Å².